The number of hydrogen-bond donors (Lipinski definition) is 0. The second-order valence-electron chi connectivity index (χ2n) is 3.81. The van der Waals surface area contributed by atoms with E-state index in [9.17, 15) is 0 Å². The van der Waals surface area contributed by atoms with Crippen molar-refractivity contribution >= 4 is 5.70 Å². The highest BCUT2D eigenvalue weighted by Crippen LogP contribution is 2.07. The van der Waals surface area contributed by atoms with E-state index in [1.807, 2.05) is 35.2 Å². The van der Waals surface area contributed by atoms with Crippen molar-refractivity contribution in [3.8, 4) is 0 Å². The molecule has 2 heterocycles. The Morgan fingerprint density at radius 3 is 2.89 bits per heavy atom. The lowest BCUT2D eigenvalue weighted by atomic mass is 10.3. The molecule has 0 aliphatic carbocycles. The normalized spacial score (nSPS) is 11.9. The van der Waals surface area contributed by atoms with Gasteiger partial charge >= 0.3 is 0 Å². The van der Waals surface area contributed by atoms with Crippen molar-refractivity contribution < 1.29 is 0 Å². The zero-order chi connectivity index (χ0) is 13.5. The molecule has 96 valence electrons. The summed E-state index contributed by atoms with van der Waals surface area (Å²) < 4.78 is 3.64. The summed E-state index contributed by atoms with van der Waals surface area (Å²) in [7, 11) is 0. The summed E-state index contributed by atoms with van der Waals surface area (Å²) in [5.41, 5.74) is 1.74. The summed E-state index contributed by atoms with van der Waals surface area (Å²) in [6, 6.07) is 0. The van der Waals surface area contributed by atoms with E-state index in [0.29, 0.717) is 6.54 Å². The Morgan fingerprint density at radius 2 is 2.21 bits per heavy atom. The van der Waals surface area contributed by atoms with Gasteiger partial charge < -0.3 is 4.57 Å². The van der Waals surface area contributed by atoms with Gasteiger partial charge in [0.25, 0.3) is 0 Å². The molecule has 5 nitrogen and oxygen atoms in total. The van der Waals surface area contributed by atoms with Crippen LogP contribution in [0.15, 0.2) is 68.5 Å². The Morgan fingerprint density at radius 1 is 1.32 bits per heavy atom. The fraction of sp³-hybridized carbons (Fsp3) is 0.0714. The Labute approximate surface area is 111 Å². The number of imidazole rings is 1. The molecule has 2 aromatic rings. The molecule has 0 saturated carbocycles. The van der Waals surface area contributed by atoms with Gasteiger partial charge in [-0.3, -0.25) is 0 Å². The smallest absolute Gasteiger partial charge is 0.103 e. The van der Waals surface area contributed by atoms with E-state index >= 15 is 0 Å². The Bertz CT molecular complexity index is 602. The van der Waals surface area contributed by atoms with E-state index in [1.54, 1.807) is 29.4 Å². The van der Waals surface area contributed by atoms with Crippen molar-refractivity contribution in [1.82, 2.24) is 24.5 Å². The molecule has 0 atom stereocenters. The van der Waals surface area contributed by atoms with E-state index in [1.165, 1.54) is 0 Å². The zero-order valence-electron chi connectivity index (χ0n) is 10.6. The molecule has 0 aromatic carbocycles. The van der Waals surface area contributed by atoms with Gasteiger partial charge in [-0.15, -0.1) is 5.10 Å². The second kappa shape index (κ2) is 6.30. The highest BCUT2D eigenvalue weighted by molar-refractivity contribution is 5.58. The summed E-state index contributed by atoms with van der Waals surface area (Å²) in [6.45, 7) is 7.98. The highest BCUT2D eigenvalue weighted by atomic mass is 15.4. The van der Waals surface area contributed by atoms with Crippen molar-refractivity contribution in [3.05, 3.63) is 74.1 Å². The molecule has 0 radical (unpaired) electrons. The van der Waals surface area contributed by atoms with Crippen LogP contribution >= 0.6 is 0 Å². The minimum Gasteiger partial charge on any atom is -0.331 e. The van der Waals surface area contributed by atoms with E-state index in [4.69, 9.17) is 0 Å². The van der Waals surface area contributed by atoms with Gasteiger partial charge in [0.1, 0.15) is 5.69 Å². The largest absolute Gasteiger partial charge is 0.331 e. The molecule has 0 aliphatic heterocycles. The molecule has 19 heavy (non-hydrogen) atoms. The topological polar surface area (TPSA) is 48.5 Å². The van der Waals surface area contributed by atoms with Gasteiger partial charge in [-0.2, -0.15) is 0 Å². The van der Waals surface area contributed by atoms with Gasteiger partial charge in [0.2, 0.25) is 0 Å². The molecular formula is C14H15N5. The van der Waals surface area contributed by atoms with Crippen molar-refractivity contribution in [2.45, 2.75) is 6.54 Å². The van der Waals surface area contributed by atoms with Crippen LogP contribution in [0, 0.1) is 0 Å². The van der Waals surface area contributed by atoms with Crippen molar-refractivity contribution in [3.63, 3.8) is 0 Å². The van der Waals surface area contributed by atoms with E-state index in [-0.39, 0.29) is 0 Å². The van der Waals surface area contributed by atoms with Crippen molar-refractivity contribution in [1.29, 1.82) is 0 Å². The summed E-state index contributed by atoms with van der Waals surface area (Å²) in [5, 5.41) is 8.23. The average molecular weight is 253 g/mol. The molecule has 2 rings (SSSR count). The van der Waals surface area contributed by atoms with Crippen molar-refractivity contribution in [2.24, 2.45) is 0 Å². The van der Waals surface area contributed by atoms with Gasteiger partial charge in [0, 0.05) is 12.4 Å². The van der Waals surface area contributed by atoms with E-state index < -0.39 is 0 Å². The Kier molecular flexibility index (Phi) is 4.23. The SMILES string of the molecule is C=C/C=C\C(=C/C=C)n1cc(Cn2ccnc2)nn1. The quantitative estimate of drug-likeness (QED) is 0.742. The van der Waals surface area contributed by atoms with Gasteiger partial charge in [-0.05, 0) is 12.2 Å². The third kappa shape index (κ3) is 3.38. The Hall–Kier alpha value is -2.69. The first-order valence-electron chi connectivity index (χ1n) is 5.82. The maximum absolute atomic E-state index is 4.13. The first-order valence-corrected chi connectivity index (χ1v) is 5.82. The lowest BCUT2D eigenvalue weighted by Gasteiger charge is -1.99. The summed E-state index contributed by atoms with van der Waals surface area (Å²) in [5.74, 6) is 0. The lowest BCUT2D eigenvalue weighted by molar-refractivity contribution is 0.759. The molecular weight excluding hydrogens is 238 g/mol. The van der Waals surface area contributed by atoms with Crippen molar-refractivity contribution in [2.75, 3.05) is 0 Å². The molecule has 0 aliphatic rings. The Balaban J connectivity index is 2.18. The van der Waals surface area contributed by atoms with Gasteiger partial charge in [-0.1, -0.05) is 36.6 Å². The third-order valence-corrected chi connectivity index (χ3v) is 2.40. The van der Waals surface area contributed by atoms with Crippen LogP contribution in [0.1, 0.15) is 5.69 Å². The predicted octanol–water partition coefficient (Wildman–Crippen LogP) is 2.29. The predicted molar refractivity (Wildman–Crippen MR) is 75.2 cm³/mol. The number of rotatable bonds is 6. The standard InChI is InChI=1S/C14H15N5/c1-3-5-7-14(6-4-2)19-11-13(16-17-19)10-18-9-8-15-12-18/h3-9,11-12H,1-2,10H2/b7-5-,14-6+. The third-order valence-electron chi connectivity index (χ3n) is 2.40. The van der Waals surface area contributed by atoms with Crippen LogP contribution in [0.5, 0.6) is 0 Å². The fourth-order valence-electron chi connectivity index (χ4n) is 1.56. The van der Waals surface area contributed by atoms with Gasteiger partial charge in [0.05, 0.1) is 24.8 Å². The minimum absolute atomic E-state index is 0.645. The molecule has 5 heteroatoms. The summed E-state index contributed by atoms with van der Waals surface area (Å²) >= 11 is 0. The maximum atomic E-state index is 4.13. The highest BCUT2D eigenvalue weighted by Gasteiger charge is 2.03. The van der Waals surface area contributed by atoms with Gasteiger partial charge in [0.15, 0.2) is 0 Å². The first-order chi connectivity index (χ1) is 9.33. The van der Waals surface area contributed by atoms with Crippen LogP contribution < -0.4 is 0 Å². The van der Waals surface area contributed by atoms with E-state index in [2.05, 4.69) is 28.5 Å². The molecule has 0 amide bonds. The molecule has 0 bridgehead atoms. The summed E-state index contributed by atoms with van der Waals surface area (Å²) in [4.78, 5) is 3.99. The van der Waals surface area contributed by atoms with Crippen LogP contribution in [0.25, 0.3) is 5.70 Å². The number of hydrogen-bond acceptors (Lipinski definition) is 3. The van der Waals surface area contributed by atoms with E-state index in [0.717, 1.165) is 11.4 Å². The first kappa shape index (κ1) is 12.8. The molecule has 0 N–H and O–H groups in total. The molecule has 0 spiro atoms. The second-order valence-corrected chi connectivity index (χ2v) is 3.81. The fourth-order valence-corrected chi connectivity index (χ4v) is 1.56. The lowest BCUT2D eigenvalue weighted by Crippen LogP contribution is -1.96. The molecule has 2 aromatic heterocycles. The van der Waals surface area contributed by atoms with Crippen LogP contribution in [-0.2, 0) is 6.54 Å². The molecule has 0 unspecified atom stereocenters. The summed E-state index contributed by atoms with van der Waals surface area (Å²) in [6.07, 6.45) is 16.3. The average Bonchev–Trinajstić information content (AvgIpc) is 3.07. The minimum atomic E-state index is 0.645. The van der Waals surface area contributed by atoms with Crippen LogP contribution in [0.3, 0.4) is 0 Å². The molecule has 0 saturated heterocycles. The molecule has 0 fully saturated rings. The monoisotopic (exact) mass is 253 g/mol. The van der Waals surface area contributed by atoms with Crippen LogP contribution in [0.4, 0.5) is 0 Å². The van der Waals surface area contributed by atoms with Crippen LogP contribution in [0.2, 0.25) is 0 Å². The van der Waals surface area contributed by atoms with Gasteiger partial charge in [-0.25, -0.2) is 9.67 Å². The zero-order valence-corrected chi connectivity index (χ0v) is 10.6. The number of allylic oxidation sites excluding steroid dienone is 6. The maximum Gasteiger partial charge on any atom is 0.103 e. The van der Waals surface area contributed by atoms with Crippen LogP contribution in [-0.4, -0.2) is 24.5 Å². The number of nitrogens with zero attached hydrogens (tertiary/aromatic N) is 5. The number of aromatic nitrogens is 5.